The highest BCUT2D eigenvalue weighted by molar-refractivity contribution is 7.89. The lowest BCUT2D eigenvalue weighted by Crippen LogP contribution is -2.27. The van der Waals surface area contributed by atoms with Crippen molar-refractivity contribution in [1.82, 2.24) is 14.3 Å². The van der Waals surface area contributed by atoms with E-state index in [0.29, 0.717) is 11.3 Å². The van der Waals surface area contributed by atoms with E-state index in [9.17, 15) is 8.42 Å². The van der Waals surface area contributed by atoms with Crippen LogP contribution in [0.2, 0.25) is 5.02 Å². The SMILES string of the molecule is CN(Cc1cnccn1)S(=O)(=O)c1ccc(C#N)cc1Cl. The smallest absolute Gasteiger partial charge is 0.244 e. The molecule has 0 unspecified atom stereocenters. The van der Waals surface area contributed by atoms with Gasteiger partial charge in [-0.1, -0.05) is 11.6 Å². The summed E-state index contributed by atoms with van der Waals surface area (Å²) in [5.74, 6) is 0. The predicted octanol–water partition coefficient (Wildman–Crippen LogP) is 1.82. The van der Waals surface area contributed by atoms with Gasteiger partial charge in [-0.25, -0.2) is 8.42 Å². The van der Waals surface area contributed by atoms with E-state index >= 15 is 0 Å². The van der Waals surface area contributed by atoms with E-state index < -0.39 is 10.0 Å². The number of hydrogen-bond donors (Lipinski definition) is 0. The van der Waals surface area contributed by atoms with E-state index in [4.69, 9.17) is 16.9 Å². The zero-order valence-electron chi connectivity index (χ0n) is 11.1. The number of hydrogen-bond acceptors (Lipinski definition) is 5. The lowest BCUT2D eigenvalue weighted by molar-refractivity contribution is 0.461. The van der Waals surface area contributed by atoms with E-state index in [1.807, 2.05) is 6.07 Å². The first-order valence-electron chi connectivity index (χ1n) is 5.86. The third-order valence-electron chi connectivity index (χ3n) is 2.75. The average Bonchev–Trinajstić information content (AvgIpc) is 2.47. The summed E-state index contributed by atoms with van der Waals surface area (Å²) in [6.45, 7) is 0.0759. The molecule has 0 aliphatic heterocycles. The standard InChI is InChI=1S/C13H11ClN4O2S/c1-18(9-11-8-16-4-5-17-11)21(19,20)13-3-2-10(7-15)6-12(13)14/h2-6,8H,9H2,1H3. The van der Waals surface area contributed by atoms with E-state index in [-0.39, 0.29) is 16.5 Å². The fourth-order valence-corrected chi connectivity index (χ4v) is 3.33. The van der Waals surface area contributed by atoms with Crippen molar-refractivity contribution in [3.05, 3.63) is 53.1 Å². The van der Waals surface area contributed by atoms with Crippen LogP contribution in [-0.4, -0.2) is 29.7 Å². The van der Waals surface area contributed by atoms with E-state index in [1.54, 1.807) is 0 Å². The lowest BCUT2D eigenvalue weighted by Gasteiger charge is -2.17. The van der Waals surface area contributed by atoms with Crippen LogP contribution >= 0.6 is 11.6 Å². The van der Waals surface area contributed by atoms with E-state index in [2.05, 4.69) is 9.97 Å². The molecular formula is C13H11ClN4O2S. The summed E-state index contributed by atoms with van der Waals surface area (Å²) in [5, 5.41) is 8.79. The second-order valence-electron chi connectivity index (χ2n) is 4.21. The van der Waals surface area contributed by atoms with Gasteiger partial charge in [0.1, 0.15) is 4.90 Å². The molecule has 1 aromatic heterocycles. The second kappa shape index (κ2) is 6.18. The molecular weight excluding hydrogens is 312 g/mol. The van der Waals surface area contributed by atoms with E-state index in [0.717, 1.165) is 4.31 Å². The van der Waals surface area contributed by atoms with Crippen molar-refractivity contribution >= 4 is 21.6 Å². The van der Waals surface area contributed by atoms with Crippen LogP contribution in [0, 0.1) is 11.3 Å². The molecule has 8 heteroatoms. The summed E-state index contributed by atoms with van der Waals surface area (Å²) in [7, 11) is -2.34. The van der Waals surface area contributed by atoms with Crippen molar-refractivity contribution in [2.24, 2.45) is 0 Å². The minimum absolute atomic E-state index is 0.0139. The fourth-order valence-electron chi connectivity index (χ4n) is 1.67. The fraction of sp³-hybridized carbons (Fsp3) is 0.154. The van der Waals surface area contributed by atoms with E-state index in [1.165, 1.54) is 43.8 Å². The maximum absolute atomic E-state index is 12.5. The van der Waals surface area contributed by atoms with Gasteiger partial charge in [0.25, 0.3) is 0 Å². The Hall–Kier alpha value is -2.01. The normalized spacial score (nSPS) is 11.3. The summed E-state index contributed by atoms with van der Waals surface area (Å²) in [6.07, 6.45) is 4.49. The number of nitrogens with zero attached hydrogens (tertiary/aromatic N) is 4. The topological polar surface area (TPSA) is 87.0 Å². The van der Waals surface area contributed by atoms with Crippen molar-refractivity contribution < 1.29 is 8.42 Å². The Morgan fingerprint density at radius 1 is 1.38 bits per heavy atom. The number of aromatic nitrogens is 2. The molecule has 0 fully saturated rings. The first-order valence-corrected chi connectivity index (χ1v) is 7.68. The van der Waals surface area contributed by atoms with Gasteiger partial charge in [0.2, 0.25) is 10.0 Å². The van der Waals surface area contributed by atoms with Crippen LogP contribution in [0.4, 0.5) is 0 Å². The molecule has 0 aliphatic carbocycles. The largest absolute Gasteiger partial charge is 0.261 e. The Morgan fingerprint density at radius 2 is 2.14 bits per heavy atom. The minimum atomic E-state index is -3.77. The number of benzene rings is 1. The highest BCUT2D eigenvalue weighted by atomic mass is 35.5. The summed E-state index contributed by atoms with van der Waals surface area (Å²) in [5.41, 5.74) is 0.823. The quantitative estimate of drug-likeness (QED) is 0.857. The lowest BCUT2D eigenvalue weighted by atomic mass is 10.2. The van der Waals surface area contributed by atoms with Crippen LogP contribution < -0.4 is 0 Å². The molecule has 0 radical (unpaired) electrons. The van der Waals surface area contributed by atoms with Gasteiger partial charge in [-0.3, -0.25) is 9.97 Å². The van der Waals surface area contributed by atoms with Gasteiger partial charge in [-0.2, -0.15) is 9.57 Å². The number of nitriles is 1. The predicted molar refractivity (Wildman–Crippen MR) is 76.9 cm³/mol. The molecule has 1 heterocycles. The van der Waals surface area contributed by atoms with Gasteiger partial charge >= 0.3 is 0 Å². The molecule has 0 N–H and O–H groups in total. The number of halogens is 1. The molecule has 0 saturated carbocycles. The van der Waals surface area contributed by atoms with Crippen molar-refractivity contribution in [1.29, 1.82) is 5.26 Å². The van der Waals surface area contributed by atoms with Crippen LogP contribution in [0.15, 0.2) is 41.7 Å². The maximum Gasteiger partial charge on any atom is 0.244 e. The zero-order chi connectivity index (χ0) is 15.5. The highest BCUT2D eigenvalue weighted by Gasteiger charge is 2.24. The molecule has 1 aromatic carbocycles. The molecule has 108 valence electrons. The third kappa shape index (κ3) is 3.36. The first kappa shape index (κ1) is 15.4. The van der Waals surface area contributed by atoms with Crippen molar-refractivity contribution in [3.63, 3.8) is 0 Å². The molecule has 2 rings (SSSR count). The summed E-state index contributed by atoms with van der Waals surface area (Å²) < 4.78 is 26.1. The molecule has 0 saturated heterocycles. The Bertz CT molecular complexity index is 788. The maximum atomic E-state index is 12.5. The second-order valence-corrected chi connectivity index (χ2v) is 6.64. The summed E-state index contributed by atoms with van der Waals surface area (Å²) in [4.78, 5) is 7.87. The zero-order valence-corrected chi connectivity index (χ0v) is 12.6. The van der Waals surface area contributed by atoms with Gasteiger partial charge < -0.3 is 0 Å². The minimum Gasteiger partial charge on any atom is -0.261 e. The molecule has 2 aromatic rings. The van der Waals surface area contributed by atoms with Crippen LogP contribution in [0.5, 0.6) is 0 Å². The van der Waals surface area contributed by atoms with Gasteiger partial charge in [-0.15, -0.1) is 0 Å². The summed E-state index contributed by atoms with van der Waals surface area (Å²) in [6, 6.07) is 5.96. The average molecular weight is 323 g/mol. The van der Waals surface area contributed by atoms with Gasteiger partial charge in [0.15, 0.2) is 0 Å². The van der Waals surface area contributed by atoms with Crippen molar-refractivity contribution in [2.45, 2.75) is 11.4 Å². The molecule has 6 nitrogen and oxygen atoms in total. The molecule has 0 aliphatic rings. The molecule has 0 spiro atoms. The monoisotopic (exact) mass is 322 g/mol. The molecule has 0 bridgehead atoms. The van der Waals surface area contributed by atoms with Crippen LogP contribution in [0.25, 0.3) is 0 Å². The Kier molecular flexibility index (Phi) is 4.53. The first-order chi connectivity index (χ1) is 9.95. The summed E-state index contributed by atoms with van der Waals surface area (Å²) >= 11 is 5.95. The van der Waals surface area contributed by atoms with Crippen molar-refractivity contribution in [3.8, 4) is 6.07 Å². The Morgan fingerprint density at radius 3 is 2.71 bits per heavy atom. The number of rotatable bonds is 4. The van der Waals surface area contributed by atoms with Crippen LogP contribution in [0.1, 0.15) is 11.3 Å². The van der Waals surface area contributed by atoms with Crippen LogP contribution in [-0.2, 0) is 16.6 Å². The van der Waals surface area contributed by atoms with Gasteiger partial charge in [0.05, 0.1) is 28.9 Å². The molecule has 21 heavy (non-hydrogen) atoms. The Balaban J connectivity index is 2.32. The molecule has 0 amide bonds. The third-order valence-corrected chi connectivity index (χ3v) is 5.04. The highest BCUT2D eigenvalue weighted by Crippen LogP contribution is 2.25. The number of sulfonamides is 1. The molecule has 0 atom stereocenters. The van der Waals surface area contributed by atoms with Crippen molar-refractivity contribution in [2.75, 3.05) is 7.05 Å². The van der Waals surface area contributed by atoms with Gasteiger partial charge in [0, 0.05) is 25.6 Å². The van der Waals surface area contributed by atoms with Gasteiger partial charge in [-0.05, 0) is 18.2 Å². The Labute approximate surface area is 127 Å². The van der Waals surface area contributed by atoms with Crippen LogP contribution in [0.3, 0.4) is 0 Å².